The van der Waals surface area contributed by atoms with E-state index in [1.807, 2.05) is 12.2 Å². The van der Waals surface area contributed by atoms with Crippen molar-refractivity contribution in [3.8, 4) is 11.5 Å². The molecule has 176 valence electrons. The van der Waals surface area contributed by atoms with E-state index in [1.165, 1.54) is 14.2 Å². The number of carbonyl (C=O) groups excluding carboxylic acids is 2. The minimum atomic E-state index is -0.569. The van der Waals surface area contributed by atoms with Gasteiger partial charge in [-0.1, -0.05) is 19.4 Å². The minimum absolute atomic E-state index is 0.0983. The number of allylic oxidation sites excluding steroid dienone is 2. The third kappa shape index (κ3) is 4.97. The van der Waals surface area contributed by atoms with Gasteiger partial charge >= 0.3 is 5.97 Å². The van der Waals surface area contributed by atoms with Gasteiger partial charge in [-0.05, 0) is 48.3 Å². The molecule has 7 nitrogen and oxygen atoms in total. The fraction of sp³-hybridized carbons (Fsp3) is 0.385. The topological polar surface area (TPSA) is 83.1 Å². The van der Waals surface area contributed by atoms with Gasteiger partial charge in [-0.2, -0.15) is 0 Å². The number of benzene rings is 1. The quantitative estimate of drug-likeness (QED) is 0.449. The molecule has 1 N–H and O–H groups in total. The molecule has 1 aliphatic carbocycles. The van der Waals surface area contributed by atoms with E-state index >= 15 is 0 Å². The predicted molar refractivity (Wildman–Crippen MR) is 125 cm³/mol. The van der Waals surface area contributed by atoms with Crippen LogP contribution < -0.4 is 14.8 Å². The van der Waals surface area contributed by atoms with E-state index in [0.717, 1.165) is 24.0 Å². The van der Waals surface area contributed by atoms with Gasteiger partial charge in [0.25, 0.3) is 5.91 Å². The van der Waals surface area contributed by atoms with Crippen molar-refractivity contribution in [3.63, 3.8) is 0 Å². The molecule has 33 heavy (non-hydrogen) atoms. The van der Waals surface area contributed by atoms with Crippen LogP contribution in [0.2, 0.25) is 0 Å². The molecule has 2 atom stereocenters. The van der Waals surface area contributed by atoms with Crippen LogP contribution in [0.1, 0.15) is 42.1 Å². The molecule has 0 saturated heterocycles. The van der Waals surface area contributed by atoms with E-state index in [0.29, 0.717) is 41.0 Å². The number of hydrogen-bond acceptors (Lipinski definition) is 6. The normalized spacial score (nSPS) is 19.1. The average Bonchev–Trinajstić information content (AvgIpc) is 2.83. The summed E-state index contributed by atoms with van der Waals surface area (Å²) in [7, 11) is 4.43. The first-order valence-electron chi connectivity index (χ1n) is 11.0. The predicted octanol–water partition coefficient (Wildman–Crippen LogP) is 4.04. The zero-order chi connectivity index (χ0) is 24.0. The first-order valence-corrected chi connectivity index (χ1v) is 11.0. The van der Waals surface area contributed by atoms with Crippen molar-refractivity contribution in [3.05, 3.63) is 71.0 Å². The fourth-order valence-corrected chi connectivity index (χ4v) is 4.19. The number of hydrogen-bond donors (Lipinski definition) is 1. The van der Waals surface area contributed by atoms with Gasteiger partial charge in [-0.15, -0.1) is 6.58 Å². The number of nitrogens with one attached hydrogen (secondary N) is 1. The van der Waals surface area contributed by atoms with Crippen LogP contribution >= 0.6 is 0 Å². The van der Waals surface area contributed by atoms with E-state index in [4.69, 9.17) is 18.9 Å². The summed E-state index contributed by atoms with van der Waals surface area (Å²) in [6.45, 7) is 5.92. The molecule has 0 fully saturated rings. The van der Waals surface area contributed by atoms with Gasteiger partial charge in [-0.25, -0.2) is 4.79 Å². The van der Waals surface area contributed by atoms with Crippen molar-refractivity contribution in [2.24, 2.45) is 0 Å². The largest absolute Gasteiger partial charge is 0.495 e. The minimum Gasteiger partial charge on any atom is -0.495 e. The highest BCUT2D eigenvalue weighted by Crippen LogP contribution is 2.38. The van der Waals surface area contributed by atoms with E-state index in [-0.39, 0.29) is 12.0 Å². The smallest absolute Gasteiger partial charge is 0.337 e. The van der Waals surface area contributed by atoms with Crippen LogP contribution in [0.25, 0.3) is 0 Å². The number of amides is 1. The van der Waals surface area contributed by atoms with Crippen molar-refractivity contribution in [1.82, 2.24) is 5.32 Å². The SMILES string of the molecule is C=CCc1c(OC2CC3=C(C=C2C(=O)OC)C(CCC)OC=C3)ccc(C(=O)NC)c1OC. The second-order valence-corrected chi connectivity index (χ2v) is 7.79. The van der Waals surface area contributed by atoms with Gasteiger partial charge in [0.2, 0.25) is 0 Å². The highest BCUT2D eigenvalue weighted by Gasteiger charge is 2.34. The number of methoxy groups -OCH3 is 2. The fourth-order valence-electron chi connectivity index (χ4n) is 4.19. The van der Waals surface area contributed by atoms with Crippen LogP contribution in [-0.4, -0.2) is 45.4 Å². The molecular formula is C26H31NO6. The Morgan fingerprint density at radius 3 is 2.73 bits per heavy atom. The number of carbonyl (C=O) groups is 2. The Balaban J connectivity index is 2.02. The maximum absolute atomic E-state index is 12.7. The van der Waals surface area contributed by atoms with E-state index in [1.54, 1.807) is 31.5 Å². The monoisotopic (exact) mass is 453 g/mol. The number of ether oxygens (including phenoxy) is 4. The molecule has 2 unspecified atom stereocenters. The second-order valence-electron chi connectivity index (χ2n) is 7.79. The summed E-state index contributed by atoms with van der Waals surface area (Å²) in [5.74, 6) is 0.223. The first-order chi connectivity index (χ1) is 16.0. The third-order valence-electron chi connectivity index (χ3n) is 5.78. The molecule has 0 aromatic heterocycles. The number of rotatable bonds is 9. The average molecular weight is 454 g/mol. The van der Waals surface area contributed by atoms with Gasteiger partial charge in [0.15, 0.2) is 0 Å². The van der Waals surface area contributed by atoms with Gasteiger partial charge < -0.3 is 24.3 Å². The second kappa shape index (κ2) is 10.9. The molecule has 3 rings (SSSR count). The van der Waals surface area contributed by atoms with Crippen LogP contribution in [0.4, 0.5) is 0 Å². The summed E-state index contributed by atoms with van der Waals surface area (Å²) < 4.78 is 22.8. The van der Waals surface area contributed by atoms with Gasteiger partial charge in [0.1, 0.15) is 23.7 Å². The van der Waals surface area contributed by atoms with E-state index in [9.17, 15) is 9.59 Å². The van der Waals surface area contributed by atoms with E-state index < -0.39 is 12.1 Å². The Morgan fingerprint density at radius 2 is 2.09 bits per heavy atom. The summed E-state index contributed by atoms with van der Waals surface area (Å²) >= 11 is 0. The summed E-state index contributed by atoms with van der Waals surface area (Å²) in [5, 5.41) is 2.62. The lowest BCUT2D eigenvalue weighted by Gasteiger charge is -2.32. The summed E-state index contributed by atoms with van der Waals surface area (Å²) in [4.78, 5) is 25.0. The molecule has 1 aromatic carbocycles. The lowest BCUT2D eigenvalue weighted by molar-refractivity contribution is -0.137. The van der Waals surface area contributed by atoms with Crippen LogP contribution in [-0.2, 0) is 20.7 Å². The van der Waals surface area contributed by atoms with Crippen molar-refractivity contribution < 1.29 is 28.5 Å². The molecule has 0 radical (unpaired) electrons. The highest BCUT2D eigenvalue weighted by atomic mass is 16.5. The van der Waals surface area contributed by atoms with Crippen molar-refractivity contribution in [2.75, 3.05) is 21.3 Å². The summed E-state index contributed by atoms with van der Waals surface area (Å²) in [6.07, 6.45) is 9.23. The van der Waals surface area contributed by atoms with Crippen molar-refractivity contribution in [1.29, 1.82) is 0 Å². The standard InChI is InChI=1S/C26H31NO6/c1-6-8-17-22(11-10-18(24(17)30-4)25(28)27-3)33-23-14-16-12-13-32-21(9-7-2)19(16)15-20(23)26(29)31-5/h6,10-13,15,21,23H,1,7-9,14H2,2-5H3,(H,27,28). The first kappa shape index (κ1) is 24.2. The van der Waals surface area contributed by atoms with Crippen molar-refractivity contribution >= 4 is 11.9 Å². The number of esters is 1. The molecule has 1 aliphatic heterocycles. The maximum Gasteiger partial charge on any atom is 0.337 e. The third-order valence-corrected chi connectivity index (χ3v) is 5.78. The Bertz CT molecular complexity index is 1020. The van der Waals surface area contributed by atoms with Crippen LogP contribution in [0.5, 0.6) is 11.5 Å². The van der Waals surface area contributed by atoms with Gasteiger partial charge in [-0.3, -0.25) is 4.79 Å². The zero-order valence-corrected chi connectivity index (χ0v) is 19.6. The molecule has 1 amide bonds. The molecule has 0 saturated carbocycles. The van der Waals surface area contributed by atoms with Crippen LogP contribution in [0, 0.1) is 0 Å². The summed E-state index contributed by atoms with van der Waals surface area (Å²) in [6, 6.07) is 3.38. The maximum atomic E-state index is 12.7. The lowest BCUT2D eigenvalue weighted by atomic mass is 9.85. The molecule has 0 bridgehead atoms. The molecule has 0 spiro atoms. The molecule has 2 aliphatic rings. The lowest BCUT2D eigenvalue weighted by Crippen LogP contribution is -2.32. The van der Waals surface area contributed by atoms with Gasteiger partial charge in [0.05, 0.1) is 31.6 Å². The molecular weight excluding hydrogens is 422 g/mol. The molecule has 1 heterocycles. The van der Waals surface area contributed by atoms with E-state index in [2.05, 4.69) is 18.8 Å². The van der Waals surface area contributed by atoms with Crippen LogP contribution in [0.3, 0.4) is 0 Å². The van der Waals surface area contributed by atoms with Gasteiger partial charge in [0, 0.05) is 19.0 Å². The Hall–Kier alpha value is -3.48. The molecule has 1 aromatic rings. The summed E-state index contributed by atoms with van der Waals surface area (Å²) in [5.41, 5.74) is 3.56. The zero-order valence-electron chi connectivity index (χ0n) is 19.6. The van der Waals surface area contributed by atoms with Crippen LogP contribution in [0.15, 0.2) is 59.9 Å². The highest BCUT2D eigenvalue weighted by molar-refractivity contribution is 5.97. The molecule has 7 heteroatoms. The Morgan fingerprint density at radius 1 is 1.30 bits per heavy atom. The van der Waals surface area contributed by atoms with Crippen molar-refractivity contribution in [2.45, 2.75) is 44.8 Å². The Labute approximate surface area is 194 Å². The Kier molecular flexibility index (Phi) is 7.98.